The number of carboxylic acid groups (broad SMARTS) is 1. The molecule has 2 N–H and O–H groups in total. The summed E-state index contributed by atoms with van der Waals surface area (Å²) in [6.45, 7) is 7.16. The van der Waals surface area contributed by atoms with Crippen molar-refractivity contribution >= 4 is 53.9 Å². The van der Waals surface area contributed by atoms with Gasteiger partial charge in [-0.05, 0) is 38.8 Å². The molecule has 0 bridgehead atoms. The predicted molar refractivity (Wildman–Crippen MR) is 131 cm³/mol. The molecule has 0 aliphatic rings. The van der Waals surface area contributed by atoms with E-state index in [4.69, 9.17) is 19.2 Å². The zero-order valence-corrected chi connectivity index (χ0v) is 21.4. The minimum atomic E-state index is -1.67. The first-order chi connectivity index (χ1) is 16.2. The van der Waals surface area contributed by atoms with Crippen LogP contribution in [0.25, 0.3) is 0 Å². The smallest absolute Gasteiger partial charge is 0.338 e. The van der Waals surface area contributed by atoms with Crippen LogP contribution in [0.1, 0.15) is 45.7 Å². The van der Waals surface area contributed by atoms with E-state index in [1.54, 1.807) is 27.7 Å². The van der Waals surface area contributed by atoms with Crippen LogP contribution in [0.4, 0.5) is 11.4 Å². The van der Waals surface area contributed by atoms with Crippen LogP contribution < -0.4 is 0 Å². The number of carbonyl (C=O) groups excluding carboxylic acids is 1. The number of ether oxygens (including phenoxy) is 1. The predicted octanol–water partition coefficient (Wildman–Crippen LogP) is 4.72. The van der Waals surface area contributed by atoms with Gasteiger partial charge in [-0.3, -0.25) is 20.2 Å². The van der Waals surface area contributed by atoms with Crippen LogP contribution in [0.2, 0.25) is 0 Å². The number of aromatic carboxylic acids is 1. The highest BCUT2D eigenvalue weighted by Crippen LogP contribution is 2.18. The highest BCUT2D eigenvalue weighted by molar-refractivity contribution is 8.26. The van der Waals surface area contributed by atoms with Gasteiger partial charge in [0, 0.05) is 52.2 Å². The molecule has 15 heteroatoms. The molecule has 0 saturated heterocycles. The molecule has 35 heavy (non-hydrogen) atoms. The molecule has 2 rings (SSSR count). The third-order valence-electron chi connectivity index (χ3n) is 3.59. The van der Waals surface area contributed by atoms with Crippen molar-refractivity contribution < 1.29 is 38.6 Å². The first-order valence-corrected chi connectivity index (χ1v) is 12.3. The minimum Gasteiger partial charge on any atom is -0.478 e. The number of nitro groups is 2. The Labute approximate surface area is 212 Å². The molecular formula is C20H24Cl2N2O10S. The Balaban J connectivity index is 0. The molecule has 0 heterocycles. The second kappa shape index (κ2) is 18.2. The standard InChI is InChI=1S/C10H11NO4.C8H7NO4.C2H6O.Cl2OS/c1-3-15-10(12)9-6-8(11(13)14)5-4-7(9)2;1-5-2-3-6(9(12)13)4-7(5)8(10)11;1-2-3;1-4(2)3/h4-6H,3H2,1-2H3;2-4H,1H3,(H,10,11);3H,2H2,1H3;. The quantitative estimate of drug-likeness (QED) is 0.226. The third kappa shape index (κ3) is 14.7. The van der Waals surface area contributed by atoms with E-state index in [1.807, 2.05) is 0 Å². The highest BCUT2D eigenvalue weighted by Gasteiger charge is 2.15. The molecule has 0 aromatic heterocycles. The molecule has 2 aromatic rings. The van der Waals surface area contributed by atoms with Crippen molar-refractivity contribution in [2.24, 2.45) is 0 Å². The molecule has 0 saturated carbocycles. The number of halogens is 2. The Hall–Kier alpha value is -3.13. The zero-order chi connectivity index (χ0) is 27.7. The fourth-order valence-electron chi connectivity index (χ4n) is 2.11. The topological polar surface area (TPSA) is 187 Å². The molecule has 0 aliphatic carbocycles. The van der Waals surface area contributed by atoms with Crippen molar-refractivity contribution in [3.05, 3.63) is 78.9 Å². The van der Waals surface area contributed by atoms with E-state index in [2.05, 4.69) is 21.4 Å². The van der Waals surface area contributed by atoms with Gasteiger partial charge in [0.1, 0.15) is 0 Å². The van der Waals surface area contributed by atoms with Crippen LogP contribution in [0.15, 0.2) is 36.4 Å². The van der Waals surface area contributed by atoms with Gasteiger partial charge in [-0.2, -0.15) is 0 Å². The van der Waals surface area contributed by atoms with Gasteiger partial charge in [-0.1, -0.05) is 12.1 Å². The lowest BCUT2D eigenvalue weighted by Gasteiger charge is -2.04. The number of hydrogen-bond donors (Lipinski definition) is 2. The van der Waals surface area contributed by atoms with Gasteiger partial charge >= 0.3 is 11.9 Å². The van der Waals surface area contributed by atoms with Crippen LogP contribution in [-0.4, -0.2) is 49.4 Å². The summed E-state index contributed by atoms with van der Waals surface area (Å²) in [7, 11) is 7.36. The molecule has 0 fully saturated rings. The molecule has 0 atom stereocenters. The van der Waals surface area contributed by atoms with Gasteiger partial charge in [-0.15, -0.1) is 0 Å². The summed E-state index contributed by atoms with van der Waals surface area (Å²) in [6, 6.07) is 7.87. The van der Waals surface area contributed by atoms with Gasteiger partial charge in [-0.25, -0.2) is 13.8 Å². The van der Waals surface area contributed by atoms with Crippen molar-refractivity contribution in [2.75, 3.05) is 13.2 Å². The Kier molecular flexibility index (Phi) is 17.7. The maximum atomic E-state index is 11.4. The molecule has 2 aromatic carbocycles. The number of benzene rings is 2. The number of aryl methyl sites for hydroxylation is 2. The van der Waals surface area contributed by atoms with Gasteiger partial charge in [0.25, 0.3) is 11.4 Å². The highest BCUT2D eigenvalue weighted by atomic mass is 36.0. The summed E-state index contributed by atoms with van der Waals surface area (Å²) in [4.78, 5) is 41.6. The Bertz CT molecular complexity index is 1050. The van der Waals surface area contributed by atoms with E-state index in [9.17, 15) is 29.8 Å². The summed E-state index contributed by atoms with van der Waals surface area (Å²) in [5.41, 5.74) is 1.07. The number of aliphatic hydroxyl groups is 1. The first-order valence-electron chi connectivity index (χ1n) is 9.48. The lowest BCUT2D eigenvalue weighted by atomic mass is 10.1. The third-order valence-corrected chi connectivity index (χ3v) is 3.59. The Morgan fingerprint density at radius 2 is 1.29 bits per heavy atom. The molecule has 0 aliphatic heterocycles. The van der Waals surface area contributed by atoms with Crippen LogP contribution in [-0.2, 0) is 14.0 Å². The molecule has 0 radical (unpaired) electrons. The number of nitro benzene ring substituents is 2. The summed E-state index contributed by atoms with van der Waals surface area (Å²) in [5.74, 6) is -1.68. The average molecular weight is 555 g/mol. The minimum absolute atomic E-state index is 0.0331. The van der Waals surface area contributed by atoms with Gasteiger partial charge in [0.2, 0.25) is 9.23 Å². The SMILES string of the molecule is CCO.CCOC(=O)c1cc([N+](=O)[O-])ccc1C.Cc1ccc([N+](=O)[O-])cc1C(=O)O.O=S(Cl)Cl. The van der Waals surface area contributed by atoms with E-state index in [0.29, 0.717) is 11.1 Å². The van der Waals surface area contributed by atoms with Crippen molar-refractivity contribution in [1.82, 2.24) is 0 Å². The number of carboxylic acids is 1. The molecule has 0 spiro atoms. The van der Waals surface area contributed by atoms with E-state index in [1.165, 1.54) is 30.3 Å². The van der Waals surface area contributed by atoms with Crippen molar-refractivity contribution in [1.29, 1.82) is 0 Å². The van der Waals surface area contributed by atoms with Crippen molar-refractivity contribution in [3.8, 4) is 0 Å². The molecular weight excluding hydrogens is 531 g/mol. The number of esters is 1. The Morgan fingerprint density at radius 1 is 0.943 bits per heavy atom. The van der Waals surface area contributed by atoms with Gasteiger partial charge < -0.3 is 14.9 Å². The van der Waals surface area contributed by atoms with E-state index in [-0.39, 0.29) is 35.7 Å². The van der Waals surface area contributed by atoms with E-state index < -0.39 is 31.0 Å². The molecule has 12 nitrogen and oxygen atoms in total. The summed E-state index contributed by atoms with van der Waals surface area (Å²) < 4.78 is 13.9. The lowest BCUT2D eigenvalue weighted by Crippen LogP contribution is -2.07. The van der Waals surface area contributed by atoms with Crippen molar-refractivity contribution in [3.63, 3.8) is 0 Å². The van der Waals surface area contributed by atoms with E-state index in [0.717, 1.165) is 6.07 Å². The average Bonchev–Trinajstić information content (AvgIpc) is 2.74. The number of nitrogens with zero attached hydrogens (tertiary/aromatic N) is 2. The van der Waals surface area contributed by atoms with Crippen molar-refractivity contribution in [2.45, 2.75) is 27.7 Å². The maximum absolute atomic E-state index is 11.4. The lowest BCUT2D eigenvalue weighted by molar-refractivity contribution is -0.385. The van der Waals surface area contributed by atoms with Gasteiger partial charge in [0.05, 0.1) is 27.6 Å². The van der Waals surface area contributed by atoms with E-state index >= 15 is 0 Å². The summed E-state index contributed by atoms with van der Waals surface area (Å²) >= 11 is 0. The number of non-ortho nitro benzene ring substituents is 2. The Morgan fingerprint density at radius 3 is 1.60 bits per heavy atom. The van der Waals surface area contributed by atoms with Crippen LogP contribution in [0, 0.1) is 34.1 Å². The summed E-state index contributed by atoms with van der Waals surface area (Å²) in [6.07, 6.45) is 0. The first kappa shape index (κ1) is 34.0. The van der Waals surface area contributed by atoms with Crippen LogP contribution in [0.3, 0.4) is 0 Å². The van der Waals surface area contributed by atoms with Gasteiger partial charge in [0.15, 0.2) is 0 Å². The molecule has 0 amide bonds. The fourth-order valence-corrected chi connectivity index (χ4v) is 2.11. The largest absolute Gasteiger partial charge is 0.478 e. The normalized spacial score (nSPS) is 9.26. The number of hydrogen-bond acceptors (Lipinski definition) is 9. The molecule has 194 valence electrons. The second-order valence-electron chi connectivity index (χ2n) is 6.04. The fraction of sp³-hybridized carbons (Fsp3) is 0.300. The molecule has 0 unspecified atom stereocenters. The maximum Gasteiger partial charge on any atom is 0.338 e. The number of carbonyl (C=O) groups is 2. The zero-order valence-electron chi connectivity index (χ0n) is 19.1. The summed E-state index contributed by atoms with van der Waals surface area (Å²) in [5, 5.41) is 37.0. The monoisotopic (exact) mass is 554 g/mol. The van der Waals surface area contributed by atoms with Crippen LogP contribution >= 0.6 is 21.4 Å². The second-order valence-corrected chi connectivity index (χ2v) is 8.56. The number of aliphatic hydroxyl groups excluding tert-OH is 1. The number of rotatable bonds is 5. The van der Waals surface area contributed by atoms with Crippen LogP contribution in [0.5, 0.6) is 0 Å².